The highest BCUT2D eigenvalue weighted by molar-refractivity contribution is 5.87. The third-order valence-electron chi connectivity index (χ3n) is 3.56. The molecule has 2 N–H and O–H groups in total. The zero-order valence-electron chi connectivity index (χ0n) is 13.9. The predicted molar refractivity (Wildman–Crippen MR) is 88.7 cm³/mol. The summed E-state index contributed by atoms with van der Waals surface area (Å²) in [5.74, 6) is 0.619. The van der Waals surface area contributed by atoms with Gasteiger partial charge in [0, 0.05) is 17.8 Å². The van der Waals surface area contributed by atoms with Gasteiger partial charge < -0.3 is 14.8 Å². The number of hydrogen-bond acceptors (Lipinski definition) is 4. The van der Waals surface area contributed by atoms with Crippen molar-refractivity contribution in [2.24, 2.45) is 0 Å². The molecule has 1 aliphatic rings. The Morgan fingerprint density at radius 3 is 2.50 bits per heavy atom. The van der Waals surface area contributed by atoms with Crippen LogP contribution in [0.3, 0.4) is 0 Å². The van der Waals surface area contributed by atoms with Crippen molar-refractivity contribution in [3.8, 4) is 5.75 Å². The number of carbonyl (C=O) groups is 1. The second kappa shape index (κ2) is 6.90. The van der Waals surface area contributed by atoms with E-state index in [-0.39, 0.29) is 0 Å². The number of nitrogens with one attached hydrogen (secondary N) is 2. The van der Waals surface area contributed by atoms with Gasteiger partial charge in [-0.15, -0.1) is 0 Å². The maximum Gasteiger partial charge on any atom is 0.412 e. The van der Waals surface area contributed by atoms with Crippen LogP contribution in [0.15, 0.2) is 18.2 Å². The molecule has 0 heterocycles. The van der Waals surface area contributed by atoms with Gasteiger partial charge in [0.15, 0.2) is 0 Å². The van der Waals surface area contributed by atoms with Crippen molar-refractivity contribution in [3.05, 3.63) is 18.2 Å². The molecule has 1 aliphatic carbocycles. The Kier molecular flexibility index (Phi) is 5.16. The van der Waals surface area contributed by atoms with Crippen LogP contribution in [0, 0.1) is 0 Å². The van der Waals surface area contributed by atoms with Crippen LogP contribution in [0.2, 0.25) is 0 Å². The second-order valence-corrected chi connectivity index (χ2v) is 6.67. The molecule has 0 unspecified atom stereocenters. The van der Waals surface area contributed by atoms with E-state index in [4.69, 9.17) is 9.47 Å². The Bertz CT molecular complexity index is 517. The fourth-order valence-corrected chi connectivity index (χ4v) is 2.60. The van der Waals surface area contributed by atoms with E-state index < -0.39 is 11.7 Å². The molecule has 0 aliphatic heterocycles. The molecule has 1 aromatic carbocycles. The molecule has 0 aromatic heterocycles. The van der Waals surface area contributed by atoms with Crippen LogP contribution >= 0.6 is 0 Å². The topological polar surface area (TPSA) is 59.6 Å². The van der Waals surface area contributed by atoms with E-state index in [0.717, 1.165) is 5.69 Å². The molecule has 5 nitrogen and oxygen atoms in total. The van der Waals surface area contributed by atoms with E-state index in [2.05, 4.69) is 10.6 Å². The summed E-state index contributed by atoms with van der Waals surface area (Å²) in [4.78, 5) is 11.9. The number of hydrogen-bond donors (Lipinski definition) is 2. The summed E-state index contributed by atoms with van der Waals surface area (Å²) in [5.41, 5.74) is 1.09. The van der Waals surface area contributed by atoms with Crippen molar-refractivity contribution in [2.75, 3.05) is 17.7 Å². The molecule has 5 heteroatoms. The van der Waals surface area contributed by atoms with Crippen LogP contribution in [0.1, 0.15) is 46.5 Å². The summed E-state index contributed by atoms with van der Waals surface area (Å²) < 4.78 is 10.6. The minimum Gasteiger partial charge on any atom is -0.494 e. The van der Waals surface area contributed by atoms with Gasteiger partial charge in [-0.3, -0.25) is 5.32 Å². The van der Waals surface area contributed by atoms with E-state index in [9.17, 15) is 4.79 Å². The summed E-state index contributed by atoms with van der Waals surface area (Å²) in [6.07, 6.45) is 4.50. The highest BCUT2D eigenvalue weighted by Crippen LogP contribution is 2.30. The maximum absolute atomic E-state index is 11.9. The van der Waals surface area contributed by atoms with Crippen molar-refractivity contribution in [3.63, 3.8) is 0 Å². The van der Waals surface area contributed by atoms with Crippen molar-refractivity contribution < 1.29 is 14.3 Å². The first kappa shape index (κ1) is 16.5. The van der Waals surface area contributed by atoms with Gasteiger partial charge in [-0.2, -0.15) is 0 Å². The molecule has 1 amide bonds. The Balaban J connectivity index is 2.03. The van der Waals surface area contributed by atoms with Gasteiger partial charge in [-0.25, -0.2) is 4.79 Å². The number of amides is 1. The average Bonchev–Trinajstić information content (AvgIpc) is 2.91. The molecule has 0 saturated heterocycles. The molecule has 0 atom stereocenters. The monoisotopic (exact) mass is 306 g/mol. The predicted octanol–water partition coefficient (Wildman–Crippen LogP) is 4.40. The lowest BCUT2D eigenvalue weighted by Gasteiger charge is -2.21. The minimum atomic E-state index is -0.527. The summed E-state index contributed by atoms with van der Waals surface area (Å²) in [6.45, 7) is 5.50. The van der Waals surface area contributed by atoms with Crippen molar-refractivity contribution in [2.45, 2.75) is 58.1 Å². The van der Waals surface area contributed by atoms with E-state index in [0.29, 0.717) is 17.5 Å². The molecular formula is C17H26N2O3. The SMILES string of the molecule is COc1cc(NC2CCCC2)ccc1NC(=O)OC(C)(C)C. The molecule has 2 rings (SSSR count). The van der Waals surface area contributed by atoms with Crippen LogP contribution in [-0.4, -0.2) is 24.8 Å². The highest BCUT2D eigenvalue weighted by Gasteiger charge is 2.18. The lowest BCUT2D eigenvalue weighted by Crippen LogP contribution is -2.27. The normalized spacial score (nSPS) is 15.5. The lowest BCUT2D eigenvalue weighted by atomic mass is 10.2. The molecule has 0 bridgehead atoms. The van der Waals surface area contributed by atoms with Gasteiger partial charge in [0.25, 0.3) is 0 Å². The summed E-state index contributed by atoms with van der Waals surface area (Å²) in [5, 5.41) is 6.24. The third-order valence-corrected chi connectivity index (χ3v) is 3.56. The Hall–Kier alpha value is -1.91. The van der Waals surface area contributed by atoms with Crippen molar-refractivity contribution in [1.29, 1.82) is 0 Å². The van der Waals surface area contributed by atoms with Crippen molar-refractivity contribution >= 4 is 17.5 Å². The number of rotatable bonds is 4. The minimum absolute atomic E-state index is 0.484. The van der Waals surface area contributed by atoms with Crippen LogP contribution in [0.25, 0.3) is 0 Å². The highest BCUT2D eigenvalue weighted by atomic mass is 16.6. The Morgan fingerprint density at radius 1 is 1.23 bits per heavy atom. The fraction of sp³-hybridized carbons (Fsp3) is 0.588. The average molecular weight is 306 g/mol. The quantitative estimate of drug-likeness (QED) is 0.865. The molecule has 22 heavy (non-hydrogen) atoms. The Morgan fingerprint density at radius 2 is 1.91 bits per heavy atom. The van der Waals surface area contributed by atoms with Crippen molar-refractivity contribution in [1.82, 2.24) is 0 Å². The molecular weight excluding hydrogens is 280 g/mol. The summed E-state index contributed by atoms with van der Waals surface area (Å²) in [7, 11) is 1.59. The van der Waals surface area contributed by atoms with Gasteiger partial charge in [0.05, 0.1) is 12.8 Å². The van der Waals surface area contributed by atoms with E-state index in [1.807, 2.05) is 39.0 Å². The lowest BCUT2D eigenvalue weighted by molar-refractivity contribution is 0.0635. The van der Waals surface area contributed by atoms with E-state index in [1.54, 1.807) is 7.11 Å². The van der Waals surface area contributed by atoms with Gasteiger partial charge in [-0.05, 0) is 45.7 Å². The molecule has 1 saturated carbocycles. The van der Waals surface area contributed by atoms with Gasteiger partial charge in [0.2, 0.25) is 0 Å². The first-order chi connectivity index (χ1) is 10.4. The molecule has 122 valence electrons. The molecule has 0 radical (unpaired) electrons. The Labute approximate surface area is 132 Å². The standard InChI is InChI=1S/C17H26N2O3/c1-17(2,3)22-16(20)19-14-10-9-13(11-15(14)21-4)18-12-7-5-6-8-12/h9-12,18H,5-8H2,1-4H3,(H,19,20). The fourth-order valence-electron chi connectivity index (χ4n) is 2.60. The smallest absolute Gasteiger partial charge is 0.412 e. The van der Waals surface area contributed by atoms with Crippen LogP contribution in [-0.2, 0) is 4.74 Å². The first-order valence-electron chi connectivity index (χ1n) is 7.82. The molecule has 1 aromatic rings. The van der Waals surface area contributed by atoms with Crippen LogP contribution in [0.5, 0.6) is 5.75 Å². The first-order valence-corrected chi connectivity index (χ1v) is 7.82. The summed E-state index contributed by atoms with van der Waals surface area (Å²) in [6, 6.07) is 6.23. The number of carbonyl (C=O) groups excluding carboxylic acids is 1. The van der Waals surface area contributed by atoms with Crippen LogP contribution < -0.4 is 15.4 Å². The summed E-state index contributed by atoms with van der Waals surface area (Å²) >= 11 is 0. The van der Waals surface area contributed by atoms with E-state index >= 15 is 0 Å². The largest absolute Gasteiger partial charge is 0.494 e. The number of anilines is 2. The van der Waals surface area contributed by atoms with Gasteiger partial charge in [0.1, 0.15) is 11.4 Å². The number of benzene rings is 1. The van der Waals surface area contributed by atoms with Gasteiger partial charge in [-0.1, -0.05) is 12.8 Å². The zero-order valence-corrected chi connectivity index (χ0v) is 13.9. The van der Waals surface area contributed by atoms with Crippen LogP contribution in [0.4, 0.5) is 16.2 Å². The van der Waals surface area contributed by atoms with E-state index in [1.165, 1.54) is 25.7 Å². The molecule has 0 spiro atoms. The zero-order chi connectivity index (χ0) is 16.2. The maximum atomic E-state index is 11.9. The molecule has 1 fully saturated rings. The third kappa shape index (κ3) is 4.83. The number of methoxy groups -OCH3 is 1. The second-order valence-electron chi connectivity index (χ2n) is 6.67. The van der Waals surface area contributed by atoms with Gasteiger partial charge >= 0.3 is 6.09 Å². The number of ether oxygens (including phenoxy) is 2.